The van der Waals surface area contributed by atoms with E-state index in [9.17, 15) is 0 Å². The second-order valence-electron chi connectivity index (χ2n) is 5.53. The van der Waals surface area contributed by atoms with Crippen LogP contribution in [0.3, 0.4) is 0 Å². The van der Waals surface area contributed by atoms with Crippen molar-refractivity contribution < 1.29 is 4.74 Å². The fourth-order valence-electron chi connectivity index (χ4n) is 2.24. The number of benzene rings is 1. The van der Waals surface area contributed by atoms with E-state index in [1.807, 2.05) is 34.5 Å². The highest BCUT2D eigenvalue weighted by molar-refractivity contribution is 7.71. The Labute approximate surface area is 141 Å². The second-order valence-corrected chi connectivity index (χ2v) is 6.33. The largest absolute Gasteiger partial charge is 0.496 e. The minimum absolute atomic E-state index is 0.305. The second kappa shape index (κ2) is 7.26. The molecule has 1 aromatic carbocycles. The van der Waals surface area contributed by atoms with Gasteiger partial charge in [-0.15, -0.1) is 0 Å². The normalized spacial score (nSPS) is 11.4. The van der Waals surface area contributed by atoms with Crippen LogP contribution in [-0.4, -0.2) is 33.4 Å². The molecule has 0 atom stereocenters. The topological polar surface area (TPSA) is 35.2 Å². The van der Waals surface area contributed by atoms with Gasteiger partial charge in [0, 0.05) is 23.2 Å². The maximum absolute atomic E-state index is 6.07. The minimum Gasteiger partial charge on any atom is -0.496 e. The van der Waals surface area contributed by atoms with E-state index in [1.165, 1.54) is 0 Å². The van der Waals surface area contributed by atoms with Gasteiger partial charge in [0.05, 0.1) is 13.8 Å². The molecule has 0 amide bonds. The SMILES string of the molecule is COc1ccc(Cl)cc1CN(C)Cn1ncn(C(C)C)c1=S. The summed E-state index contributed by atoms with van der Waals surface area (Å²) in [6.45, 7) is 5.47. The van der Waals surface area contributed by atoms with Gasteiger partial charge in [-0.1, -0.05) is 11.6 Å². The van der Waals surface area contributed by atoms with Gasteiger partial charge in [0.25, 0.3) is 0 Å². The lowest BCUT2D eigenvalue weighted by Crippen LogP contribution is -2.23. The van der Waals surface area contributed by atoms with Gasteiger partial charge in [-0.05, 0) is 51.3 Å². The fourth-order valence-corrected chi connectivity index (χ4v) is 2.80. The van der Waals surface area contributed by atoms with Crippen LogP contribution in [0.15, 0.2) is 24.5 Å². The highest BCUT2D eigenvalue weighted by atomic mass is 35.5. The molecule has 0 N–H and O–H groups in total. The Balaban J connectivity index is 2.12. The van der Waals surface area contributed by atoms with Gasteiger partial charge in [-0.3, -0.25) is 4.90 Å². The van der Waals surface area contributed by atoms with Crippen LogP contribution in [-0.2, 0) is 13.2 Å². The Hall–Kier alpha value is -1.37. The van der Waals surface area contributed by atoms with Crippen molar-refractivity contribution in [2.24, 2.45) is 0 Å². The van der Waals surface area contributed by atoms with Crippen molar-refractivity contribution in [2.45, 2.75) is 33.1 Å². The van der Waals surface area contributed by atoms with E-state index >= 15 is 0 Å². The third-order valence-electron chi connectivity index (χ3n) is 3.37. The summed E-state index contributed by atoms with van der Waals surface area (Å²) in [6, 6.07) is 5.93. The number of nitrogens with zero attached hydrogens (tertiary/aromatic N) is 4. The Morgan fingerprint density at radius 2 is 2.14 bits per heavy atom. The molecule has 1 heterocycles. The first-order valence-electron chi connectivity index (χ1n) is 7.07. The monoisotopic (exact) mass is 340 g/mol. The number of methoxy groups -OCH3 is 1. The molecule has 0 aliphatic rings. The van der Waals surface area contributed by atoms with Gasteiger partial charge >= 0.3 is 0 Å². The molecule has 0 aliphatic carbocycles. The molecule has 7 heteroatoms. The van der Waals surface area contributed by atoms with Crippen molar-refractivity contribution in [3.63, 3.8) is 0 Å². The highest BCUT2D eigenvalue weighted by Crippen LogP contribution is 2.23. The standard InChI is InChI=1S/C15H21ClN4OS/c1-11(2)19-9-17-20(15(19)22)10-18(3)8-12-7-13(16)5-6-14(12)21-4/h5-7,9,11H,8,10H2,1-4H3. The summed E-state index contributed by atoms with van der Waals surface area (Å²) in [7, 11) is 3.67. The number of ether oxygens (including phenoxy) is 1. The van der Waals surface area contributed by atoms with Gasteiger partial charge < -0.3 is 9.30 Å². The van der Waals surface area contributed by atoms with Crippen LogP contribution < -0.4 is 4.74 Å². The zero-order valence-electron chi connectivity index (χ0n) is 13.3. The molecule has 0 bridgehead atoms. The predicted octanol–water partition coefficient (Wildman–Crippen LogP) is 3.75. The summed E-state index contributed by atoms with van der Waals surface area (Å²) in [6.07, 6.45) is 1.78. The average Bonchev–Trinajstić information content (AvgIpc) is 2.80. The summed E-state index contributed by atoms with van der Waals surface area (Å²) in [5.74, 6) is 0.826. The Bertz CT molecular complexity index is 695. The number of rotatable bonds is 6. The molecule has 2 aromatic rings. The molecule has 22 heavy (non-hydrogen) atoms. The number of halogens is 1. The summed E-state index contributed by atoms with van der Waals surface area (Å²) in [5.41, 5.74) is 1.03. The van der Waals surface area contributed by atoms with Crippen LogP contribution >= 0.6 is 23.8 Å². The first-order valence-corrected chi connectivity index (χ1v) is 7.86. The molecule has 1 aromatic heterocycles. The average molecular weight is 341 g/mol. The molecule has 0 saturated heterocycles. The molecule has 0 spiro atoms. The first-order chi connectivity index (χ1) is 10.4. The van der Waals surface area contributed by atoms with Crippen LogP contribution in [0.1, 0.15) is 25.5 Å². The Morgan fingerprint density at radius 1 is 1.41 bits per heavy atom. The number of hydrogen-bond donors (Lipinski definition) is 0. The zero-order chi connectivity index (χ0) is 16.3. The molecule has 0 fully saturated rings. The summed E-state index contributed by atoms with van der Waals surface area (Å²) < 4.78 is 9.89. The van der Waals surface area contributed by atoms with Gasteiger partial charge in [0.15, 0.2) is 4.77 Å². The van der Waals surface area contributed by atoms with E-state index in [0.717, 1.165) is 16.1 Å². The van der Waals surface area contributed by atoms with Crippen LogP contribution in [0, 0.1) is 4.77 Å². The van der Waals surface area contributed by atoms with Crippen molar-refractivity contribution in [3.05, 3.63) is 39.9 Å². The van der Waals surface area contributed by atoms with Gasteiger partial charge in [0.2, 0.25) is 0 Å². The van der Waals surface area contributed by atoms with E-state index in [0.29, 0.717) is 24.3 Å². The van der Waals surface area contributed by atoms with E-state index < -0.39 is 0 Å². The van der Waals surface area contributed by atoms with E-state index in [1.54, 1.807) is 13.4 Å². The molecule has 0 aliphatic heterocycles. The van der Waals surface area contributed by atoms with Gasteiger partial charge in [-0.2, -0.15) is 5.10 Å². The third-order valence-corrected chi connectivity index (χ3v) is 4.03. The quantitative estimate of drug-likeness (QED) is 0.750. The summed E-state index contributed by atoms with van der Waals surface area (Å²) in [4.78, 5) is 2.11. The van der Waals surface area contributed by atoms with E-state index in [-0.39, 0.29) is 0 Å². The molecular weight excluding hydrogens is 320 g/mol. The van der Waals surface area contributed by atoms with Crippen molar-refractivity contribution >= 4 is 23.8 Å². The Morgan fingerprint density at radius 3 is 2.73 bits per heavy atom. The molecule has 120 valence electrons. The maximum atomic E-state index is 6.07. The summed E-state index contributed by atoms with van der Waals surface area (Å²) >= 11 is 11.5. The van der Waals surface area contributed by atoms with Crippen LogP contribution in [0.4, 0.5) is 0 Å². The van der Waals surface area contributed by atoms with Crippen molar-refractivity contribution in [1.29, 1.82) is 0 Å². The molecule has 0 unspecified atom stereocenters. The zero-order valence-corrected chi connectivity index (χ0v) is 14.9. The maximum Gasteiger partial charge on any atom is 0.199 e. The Kier molecular flexibility index (Phi) is 5.61. The smallest absolute Gasteiger partial charge is 0.199 e. The molecular formula is C15H21ClN4OS. The van der Waals surface area contributed by atoms with E-state index in [2.05, 4.69) is 23.8 Å². The van der Waals surface area contributed by atoms with Gasteiger partial charge in [-0.25, -0.2) is 4.68 Å². The highest BCUT2D eigenvalue weighted by Gasteiger charge is 2.10. The lowest BCUT2D eigenvalue weighted by atomic mass is 10.2. The molecule has 0 radical (unpaired) electrons. The number of hydrogen-bond acceptors (Lipinski definition) is 4. The minimum atomic E-state index is 0.305. The van der Waals surface area contributed by atoms with Gasteiger partial charge in [0.1, 0.15) is 12.1 Å². The fraction of sp³-hybridized carbons (Fsp3) is 0.467. The van der Waals surface area contributed by atoms with E-state index in [4.69, 9.17) is 28.6 Å². The van der Waals surface area contributed by atoms with Crippen molar-refractivity contribution in [1.82, 2.24) is 19.2 Å². The molecule has 2 rings (SSSR count). The lowest BCUT2D eigenvalue weighted by molar-refractivity contribution is 0.240. The molecule has 5 nitrogen and oxygen atoms in total. The van der Waals surface area contributed by atoms with Crippen LogP contribution in [0.5, 0.6) is 5.75 Å². The van der Waals surface area contributed by atoms with Crippen molar-refractivity contribution in [2.75, 3.05) is 14.2 Å². The van der Waals surface area contributed by atoms with Crippen molar-refractivity contribution in [3.8, 4) is 5.75 Å². The van der Waals surface area contributed by atoms with Crippen LogP contribution in [0.2, 0.25) is 5.02 Å². The third kappa shape index (κ3) is 3.88. The predicted molar refractivity (Wildman–Crippen MR) is 90.9 cm³/mol. The lowest BCUT2D eigenvalue weighted by Gasteiger charge is -2.18. The first kappa shape index (κ1) is 17.0. The van der Waals surface area contributed by atoms with Crippen LogP contribution in [0.25, 0.3) is 0 Å². The summed E-state index contributed by atoms with van der Waals surface area (Å²) in [5, 5.41) is 5.05. The molecule has 0 saturated carbocycles. The number of aromatic nitrogens is 3.